The molecule has 2 rings (SSSR count). The molecule has 124 valence electrons. The Morgan fingerprint density at radius 1 is 1.33 bits per heavy atom. The highest BCUT2D eigenvalue weighted by atomic mass is 32.1. The Hall–Kier alpha value is -2.52. The van der Waals surface area contributed by atoms with Gasteiger partial charge in [0.25, 0.3) is 0 Å². The number of anilines is 1. The number of nitriles is 1. The van der Waals surface area contributed by atoms with Crippen LogP contribution in [0.1, 0.15) is 47.1 Å². The molecule has 1 aromatic carbocycles. The van der Waals surface area contributed by atoms with Crippen LogP contribution in [0, 0.1) is 24.2 Å². The Labute approximate surface area is 145 Å². The minimum absolute atomic E-state index is 0.159. The van der Waals surface area contributed by atoms with Gasteiger partial charge in [0, 0.05) is 10.6 Å². The molecule has 0 aliphatic heterocycles. The van der Waals surface area contributed by atoms with Crippen molar-refractivity contribution in [1.29, 1.82) is 5.26 Å². The van der Waals surface area contributed by atoms with Crippen LogP contribution in [0.4, 0.5) is 5.69 Å². The molecule has 0 saturated heterocycles. The lowest BCUT2D eigenvalue weighted by Gasteiger charge is -2.11. The molecule has 0 spiro atoms. The van der Waals surface area contributed by atoms with Crippen LogP contribution in [0.15, 0.2) is 30.3 Å². The van der Waals surface area contributed by atoms with Crippen molar-refractivity contribution >= 4 is 28.9 Å². The van der Waals surface area contributed by atoms with Crippen molar-refractivity contribution in [3.63, 3.8) is 0 Å². The Morgan fingerprint density at radius 2 is 2.00 bits per heavy atom. The quantitative estimate of drug-likeness (QED) is 0.637. The minimum Gasteiger partial charge on any atom is -0.325 e. The second-order valence-corrected chi connectivity index (χ2v) is 6.68. The van der Waals surface area contributed by atoms with Gasteiger partial charge in [-0.2, -0.15) is 9.64 Å². The van der Waals surface area contributed by atoms with E-state index < -0.39 is 17.6 Å². The summed E-state index contributed by atoms with van der Waals surface area (Å²) in [7, 11) is 0. The first kappa shape index (κ1) is 17.8. The summed E-state index contributed by atoms with van der Waals surface area (Å²) in [6, 6.07) is 10.8. The highest BCUT2D eigenvalue weighted by Crippen LogP contribution is 2.21. The number of rotatable bonds is 6. The fourth-order valence-electron chi connectivity index (χ4n) is 2.21. The number of hydrogen-bond donors (Lipinski definition) is 1. The second kappa shape index (κ2) is 7.84. The predicted octanol–water partition coefficient (Wildman–Crippen LogP) is 3.93. The molecule has 6 heteroatoms. The number of amides is 1. The van der Waals surface area contributed by atoms with Gasteiger partial charge in [-0.1, -0.05) is 26.0 Å². The molecular weight excluding hydrogens is 322 g/mol. The van der Waals surface area contributed by atoms with Crippen molar-refractivity contribution in [3.8, 4) is 6.07 Å². The van der Waals surface area contributed by atoms with Gasteiger partial charge in [-0.3, -0.25) is 9.59 Å². The number of Topliss-reactive ketones (excluding diaryl/α,β-unsaturated/α-hetero) is 1. The topological polar surface area (TPSA) is 82.9 Å². The van der Waals surface area contributed by atoms with E-state index in [4.69, 9.17) is 0 Å². The summed E-state index contributed by atoms with van der Waals surface area (Å²) in [6.45, 7) is 6.06. The fourth-order valence-corrected chi connectivity index (χ4v) is 2.76. The van der Waals surface area contributed by atoms with E-state index in [0.29, 0.717) is 11.6 Å². The zero-order valence-electron chi connectivity index (χ0n) is 13.9. The lowest BCUT2D eigenvalue weighted by Crippen LogP contribution is -2.28. The number of carbonyl (C=O) groups is 2. The Morgan fingerprint density at radius 3 is 2.50 bits per heavy atom. The lowest BCUT2D eigenvalue weighted by atomic mass is 9.98. The van der Waals surface area contributed by atoms with Gasteiger partial charge in [0.15, 0.2) is 5.92 Å². The molecule has 1 N–H and O–H groups in total. The van der Waals surface area contributed by atoms with Crippen LogP contribution >= 0.6 is 11.5 Å². The Balaban J connectivity index is 2.09. The van der Waals surface area contributed by atoms with Crippen molar-refractivity contribution in [2.45, 2.75) is 33.1 Å². The van der Waals surface area contributed by atoms with Crippen LogP contribution in [0.5, 0.6) is 0 Å². The summed E-state index contributed by atoms with van der Waals surface area (Å²) < 4.78 is 3.98. The SMILES string of the molecule is CC[C@@H](C)c1ccc(NC(=O)[C@@H](C#N)C(=O)c2cc(C)sn2)cc1. The van der Waals surface area contributed by atoms with Gasteiger partial charge in [-0.25, -0.2) is 0 Å². The Bertz CT molecular complexity index is 774. The predicted molar refractivity (Wildman–Crippen MR) is 94.1 cm³/mol. The number of hydrogen-bond acceptors (Lipinski definition) is 5. The molecule has 5 nitrogen and oxygen atoms in total. The number of aryl methyl sites for hydroxylation is 1. The molecule has 24 heavy (non-hydrogen) atoms. The van der Waals surface area contributed by atoms with Crippen LogP contribution < -0.4 is 5.32 Å². The molecule has 2 atom stereocenters. The molecule has 1 amide bonds. The molecule has 1 aromatic heterocycles. The van der Waals surface area contributed by atoms with Gasteiger partial charge in [-0.15, -0.1) is 0 Å². The maximum atomic E-state index is 12.3. The maximum Gasteiger partial charge on any atom is 0.249 e. The molecule has 1 heterocycles. The van der Waals surface area contributed by atoms with Crippen LogP contribution in [-0.2, 0) is 4.79 Å². The summed E-state index contributed by atoms with van der Waals surface area (Å²) in [4.78, 5) is 25.4. The minimum atomic E-state index is -1.40. The first-order valence-corrected chi connectivity index (χ1v) is 8.51. The molecule has 0 fully saturated rings. The van der Waals surface area contributed by atoms with E-state index in [1.165, 1.54) is 17.1 Å². The zero-order valence-corrected chi connectivity index (χ0v) is 14.7. The molecule has 0 aliphatic carbocycles. The molecule has 0 saturated carbocycles. The number of carbonyl (C=O) groups excluding carboxylic acids is 2. The summed E-state index contributed by atoms with van der Waals surface area (Å²) in [6.07, 6.45) is 1.03. The maximum absolute atomic E-state index is 12.3. The van der Waals surface area contributed by atoms with Gasteiger partial charge in [0.05, 0.1) is 6.07 Å². The summed E-state index contributed by atoms with van der Waals surface area (Å²) in [5, 5.41) is 11.8. The van der Waals surface area contributed by atoms with Gasteiger partial charge in [-0.05, 0) is 54.6 Å². The van der Waals surface area contributed by atoms with Crippen LogP contribution in [-0.4, -0.2) is 16.1 Å². The third-order valence-corrected chi connectivity index (χ3v) is 4.59. The largest absolute Gasteiger partial charge is 0.325 e. The molecule has 0 bridgehead atoms. The number of benzene rings is 1. The van der Waals surface area contributed by atoms with Crippen LogP contribution in [0.3, 0.4) is 0 Å². The van der Waals surface area contributed by atoms with Crippen molar-refractivity contribution in [2.24, 2.45) is 5.92 Å². The van der Waals surface area contributed by atoms with Crippen molar-refractivity contribution in [2.75, 3.05) is 5.32 Å². The Kier molecular flexibility index (Phi) is 5.83. The van der Waals surface area contributed by atoms with Crippen LogP contribution in [0.25, 0.3) is 0 Å². The van der Waals surface area contributed by atoms with Crippen molar-refractivity contribution in [3.05, 3.63) is 46.5 Å². The van der Waals surface area contributed by atoms with E-state index in [-0.39, 0.29) is 5.69 Å². The number of nitrogens with one attached hydrogen (secondary N) is 1. The molecular formula is C18H19N3O2S. The average molecular weight is 341 g/mol. The van der Waals surface area contributed by atoms with Gasteiger partial charge in [0.2, 0.25) is 11.7 Å². The first-order valence-electron chi connectivity index (χ1n) is 7.74. The van der Waals surface area contributed by atoms with Crippen molar-refractivity contribution in [1.82, 2.24) is 4.37 Å². The molecule has 2 aromatic rings. The molecule has 0 radical (unpaired) electrons. The highest BCUT2D eigenvalue weighted by Gasteiger charge is 2.29. The third-order valence-electron chi connectivity index (χ3n) is 3.89. The second-order valence-electron chi connectivity index (χ2n) is 5.67. The smallest absolute Gasteiger partial charge is 0.249 e. The number of aromatic nitrogens is 1. The van der Waals surface area contributed by atoms with E-state index in [9.17, 15) is 14.9 Å². The van der Waals surface area contributed by atoms with E-state index in [1.54, 1.807) is 24.3 Å². The van der Waals surface area contributed by atoms with Crippen LogP contribution in [0.2, 0.25) is 0 Å². The van der Waals surface area contributed by atoms with E-state index in [1.807, 2.05) is 19.1 Å². The van der Waals surface area contributed by atoms with E-state index in [2.05, 4.69) is 23.5 Å². The van der Waals surface area contributed by atoms with Crippen molar-refractivity contribution < 1.29 is 9.59 Å². The molecule has 0 unspecified atom stereocenters. The molecule has 0 aliphatic rings. The highest BCUT2D eigenvalue weighted by molar-refractivity contribution is 7.05. The van der Waals surface area contributed by atoms with E-state index >= 15 is 0 Å². The van der Waals surface area contributed by atoms with Gasteiger partial charge >= 0.3 is 0 Å². The normalized spacial score (nSPS) is 12.9. The number of nitrogens with zero attached hydrogens (tertiary/aromatic N) is 2. The number of ketones is 1. The zero-order chi connectivity index (χ0) is 17.7. The third kappa shape index (κ3) is 4.06. The standard InChI is InChI=1S/C18H19N3O2S/c1-4-11(2)13-5-7-14(8-6-13)20-18(23)15(10-19)17(22)16-9-12(3)24-21-16/h5-9,11,15H,4H2,1-3H3,(H,20,23)/t11-,15+/m1/s1. The summed E-state index contributed by atoms with van der Waals surface area (Å²) >= 11 is 1.17. The fraction of sp³-hybridized carbons (Fsp3) is 0.333. The monoisotopic (exact) mass is 341 g/mol. The van der Waals surface area contributed by atoms with Gasteiger partial charge < -0.3 is 5.32 Å². The summed E-state index contributed by atoms with van der Waals surface area (Å²) in [5.41, 5.74) is 1.90. The van der Waals surface area contributed by atoms with E-state index in [0.717, 1.165) is 11.3 Å². The lowest BCUT2D eigenvalue weighted by molar-refractivity contribution is -0.117. The average Bonchev–Trinajstić information content (AvgIpc) is 3.02. The first-order chi connectivity index (χ1) is 11.5. The van der Waals surface area contributed by atoms with Gasteiger partial charge in [0.1, 0.15) is 5.69 Å². The summed E-state index contributed by atoms with van der Waals surface area (Å²) in [5.74, 6) is -2.17.